The minimum absolute atomic E-state index is 0.104. The first-order valence-corrected chi connectivity index (χ1v) is 5.05. The number of amides is 1. The van der Waals surface area contributed by atoms with E-state index in [1.807, 2.05) is 18.7 Å². The van der Waals surface area contributed by atoms with E-state index in [4.69, 9.17) is 4.74 Å². The first-order chi connectivity index (χ1) is 6.16. The van der Waals surface area contributed by atoms with E-state index in [9.17, 15) is 4.79 Å². The number of nitrogens with zero attached hydrogens (tertiary/aromatic N) is 1. The lowest BCUT2D eigenvalue weighted by molar-refractivity contribution is -0.143. The van der Waals surface area contributed by atoms with Gasteiger partial charge in [0.05, 0.1) is 19.3 Å². The maximum Gasteiger partial charge on any atom is 0.225 e. The van der Waals surface area contributed by atoms with Crippen molar-refractivity contribution in [2.24, 2.45) is 5.92 Å². The normalized spacial score (nSPS) is 23.7. The molecule has 0 aromatic heterocycles. The van der Waals surface area contributed by atoms with Crippen molar-refractivity contribution in [2.45, 2.75) is 33.2 Å². The van der Waals surface area contributed by atoms with E-state index in [1.54, 1.807) is 0 Å². The Bertz CT molecular complexity index is 180. The number of rotatable bonds is 2. The Balaban J connectivity index is 2.58. The molecule has 1 aliphatic rings. The quantitative estimate of drug-likeness (QED) is 0.648. The Labute approximate surface area is 80.1 Å². The first-order valence-electron chi connectivity index (χ1n) is 5.05. The van der Waals surface area contributed by atoms with Gasteiger partial charge in [0.1, 0.15) is 0 Å². The van der Waals surface area contributed by atoms with Crippen LogP contribution in [0.3, 0.4) is 0 Å². The third-order valence-corrected chi connectivity index (χ3v) is 2.48. The molecule has 0 aromatic rings. The van der Waals surface area contributed by atoms with Gasteiger partial charge in [0.15, 0.2) is 0 Å². The highest BCUT2D eigenvalue weighted by molar-refractivity contribution is 5.78. The van der Waals surface area contributed by atoms with E-state index in [-0.39, 0.29) is 11.8 Å². The molecule has 0 N–H and O–H groups in total. The Morgan fingerprint density at radius 1 is 1.62 bits per heavy atom. The Hall–Kier alpha value is -0.570. The van der Waals surface area contributed by atoms with Crippen molar-refractivity contribution in [1.82, 2.24) is 4.90 Å². The maximum absolute atomic E-state index is 11.7. The van der Waals surface area contributed by atoms with Crippen LogP contribution in [-0.4, -0.2) is 36.6 Å². The molecule has 1 unspecified atom stereocenters. The zero-order valence-electron chi connectivity index (χ0n) is 8.75. The minimum atomic E-state index is 0.104. The summed E-state index contributed by atoms with van der Waals surface area (Å²) in [5.41, 5.74) is 0. The zero-order valence-corrected chi connectivity index (χ0v) is 8.75. The van der Waals surface area contributed by atoms with Crippen LogP contribution in [0.25, 0.3) is 0 Å². The molecule has 1 rings (SSSR count). The molecule has 3 heteroatoms. The summed E-state index contributed by atoms with van der Waals surface area (Å²) in [7, 11) is 0. The molecule has 3 nitrogen and oxygen atoms in total. The van der Waals surface area contributed by atoms with E-state index in [0.29, 0.717) is 19.3 Å². The summed E-state index contributed by atoms with van der Waals surface area (Å²) in [6, 6.07) is 0.295. The smallest absolute Gasteiger partial charge is 0.225 e. The van der Waals surface area contributed by atoms with Gasteiger partial charge in [-0.15, -0.1) is 0 Å². The Morgan fingerprint density at radius 3 is 2.85 bits per heavy atom. The number of hydrogen-bond donors (Lipinski definition) is 0. The molecule has 76 valence electrons. The fraction of sp³-hybridized carbons (Fsp3) is 0.900. The summed E-state index contributed by atoms with van der Waals surface area (Å²) in [6.45, 7) is 8.15. The second-order valence-corrected chi connectivity index (χ2v) is 3.82. The first kappa shape index (κ1) is 10.5. The molecule has 1 fully saturated rings. The Kier molecular flexibility index (Phi) is 3.72. The Morgan fingerprint density at radius 2 is 2.31 bits per heavy atom. The van der Waals surface area contributed by atoms with Crippen LogP contribution in [0.4, 0.5) is 0 Å². The molecular formula is C10H19NO2. The van der Waals surface area contributed by atoms with Crippen molar-refractivity contribution in [3.8, 4) is 0 Å². The van der Waals surface area contributed by atoms with Crippen LogP contribution in [0.1, 0.15) is 27.2 Å². The second kappa shape index (κ2) is 4.61. The number of ether oxygens (including phenoxy) is 1. The largest absolute Gasteiger partial charge is 0.377 e. The predicted molar refractivity (Wildman–Crippen MR) is 51.4 cm³/mol. The lowest BCUT2D eigenvalue weighted by Gasteiger charge is -2.36. The number of carbonyl (C=O) groups is 1. The standard InChI is InChI=1S/C10H19NO2/c1-4-9-7-13-6-5-11(9)10(12)8(2)3/h8-9H,4-7H2,1-3H3. The van der Waals surface area contributed by atoms with Crippen molar-refractivity contribution >= 4 is 5.91 Å². The number of carbonyl (C=O) groups excluding carboxylic acids is 1. The van der Waals surface area contributed by atoms with Gasteiger partial charge in [-0.1, -0.05) is 20.8 Å². The van der Waals surface area contributed by atoms with Crippen LogP contribution in [-0.2, 0) is 9.53 Å². The molecule has 0 aliphatic carbocycles. The van der Waals surface area contributed by atoms with Gasteiger partial charge >= 0.3 is 0 Å². The van der Waals surface area contributed by atoms with Crippen molar-refractivity contribution in [3.63, 3.8) is 0 Å². The summed E-state index contributed by atoms with van der Waals surface area (Å²) in [5.74, 6) is 0.363. The highest BCUT2D eigenvalue weighted by Gasteiger charge is 2.26. The molecule has 1 atom stereocenters. The maximum atomic E-state index is 11.7. The van der Waals surface area contributed by atoms with E-state index in [1.165, 1.54) is 0 Å². The third-order valence-electron chi connectivity index (χ3n) is 2.48. The van der Waals surface area contributed by atoms with Crippen LogP contribution in [0.5, 0.6) is 0 Å². The average molecular weight is 185 g/mol. The molecule has 0 aromatic carbocycles. The summed E-state index contributed by atoms with van der Waals surface area (Å²) in [6.07, 6.45) is 0.985. The lowest BCUT2D eigenvalue weighted by atomic mass is 10.1. The van der Waals surface area contributed by atoms with Gasteiger partial charge in [-0.25, -0.2) is 0 Å². The molecule has 0 bridgehead atoms. The minimum Gasteiger partial charge on any atom is -0.377 e. The molecular weight excluding hydrogens is 166 g/mol. The van der Waals surface area contributed by atoms with E-state index < -0.39 is 0 Å². The van der Waals surface area contributed by atoms with Crippen molar-refractivity contribution in [3.05, 3.63) is 0 Å². The van der Waals surface area contributed by atoms with Crippen LogP contribution in [0.2, 0.25) is 0 Å². The molecule has 1 amide bonds. The molecule has 1 heterocycles. The van der Waals surface area contributed by atoms with E-state index in [0.717, 1.165) is 13.0 Å². The van der Waals surface area contributed by atoms with Crippen molar-refractivity contribution in [1.29, 1.82) is 0 Å². The van der Waals surface area contributed by atoms with Gasteiger partial charge in [0.2, 0.25) is 5.91 Å². The van der Waals surface area contributed by atoms with E-state index >= 15 is 0 Å². The van der Waals surface area contributed by atoms with E-state index in [2.05, 4.69) is 6.92 Å². The molecule has 1 saturated heterocycles. The van der Waals surface area contributed by atoms with Gasteiger partial charge < -0.3 is 9.64 Å². The summed E-state index contributed by atoms with van der Waals surface area (Å²) >= 11 is 0. The van der Waals surface area contributed by atoms with Crippen LogP contribution < -0.4 is 0 Å². The second-order valence-electron chi connectivity index (χ2n) is 3.82. The van der Waals surface area contributed by atoms with Crippen LogP contribution in [0, 0.1) is 5.92 Å². The molecule has 13 heavy (non-hydrogen) atoms. The fourth-order valence-corrected chi connectivity index (χ4v) is 1.61. The summed E-state index contributed by atoms with van der Waals surface area (Å²) < 4.78 is 5.34. The van der Waals surface area contributed by atoms with Gasteiger partial charge in [0, 0.05) is 12.5 Å². The topological polar surface area (TPSA) is 29.5 Å². The highest BCUT2D eigenvalue weighted by Crippen LogP contribution is 2.13. The number of hydrogen-bond acceptors (Lipinski definition) is 2. The summed E-state index contributed by atoms with van der Waals surface area (Å²) in [4.78, 5) is 13.7. The summed E-state index contributed by atoms with van der Waals surface area (Å²) in [5, 5.41) is 0. The van der Waals surface area contributed by atoms with Gasteiger partial charge in [-0.05, 0) is 6.42 Å². The molecule has 0 radical (unpaired) electrons. The highest BCUT2D eigenvalue weighted by atomic mass is 16.5. The van der Waals surface area contributed by atoms with Crippen molar-refractivity contribution < 1.29 is 9.53 Å². The third kappa shape index (κ3) is 2.44. The SMILES string of the molecule is CCC1COCCN1C(=O)C(C)C. The lowest BCUT2D eigenvalue weighted by Crippen LogP contribution is -2.49. The van der Waals surface area contributed by atoms with Gasteiger partial charge in [0.25, 0.3) is 0 Å². The van der Waals surface area contributed by atoms with Crippen LogP contribution >= 0.6 is 0 Å². The van der Waals surface area contributed by atoms with Gasteiger partial charge in [-0.2, -0.15) is 0 Å². The van der Waals surface area contributed by atoms with Crippen LogP contribution in [0.15, 0.2) is 0 Å². The fourth-order valence-electron chi connectivity index (χ4n) is 1.61. The predicted octanol–water partition coefficient (Wildman–Crippen LogP) is 1.28. The zero-order chi connectivity index (χ0) is 9.84. The monoisotopic (exact) mass is 185 g/mol. The molecule has 0 saturated carbocycles. The molecule has 0 spiro atoms. The van der Waals surface area contributed by atoms with Gasteiger partial charge in [-0.3, -0.25) is 4.79 Å². The van der Waals surface area contributed by atoms with Crippen molar-refractivity contribution in [2.75, 3.05) is 19.8 Å². The average Bonchev–Trinajstić information content (AvgIpc) is 2.16. The number of morpholine rings is 1. The molecule has 1 aliphatic heterocycles.